The van der Waals surface area contributed by atoms with Gasteiger partial charge in [-0.1, -0.05) is 30.3 Å². The topological polar surface area (TPSA) is 52.7 Å². The molecule has 3 rings (SSSR count). The molecule has 30 heavy (non-hydrogen) atoms. The van der Waals surface area contributed by atoms with Crippen LogP contribution in [-0.4, -0.2) is 71.5 Å². The van der Waals surface area contributed by atoms with Crippen molar-refractivity contribution < 1.29 is 22.8 Å². The van der Waals surface area contributed by atoms with Gasteiger partial charge in [0.25, 0.3) is 0 Å². The van der Waals surface area contributed by atoms with Crippen molar-refractivity contribution in [1.82, 2.24) is 15.1 Å². The molecular weight excluding hydrogens is 415 g/mol. The van der Waals surface area contributed by atoms with Crippen molar-refractivity contribution in [2.24, 2.45) is 5.92 Å². The van der Waals surface area contributed by atoms with Gasteiger partial charge < -0.3 is 10.2 Å². The number of amides is 2. The summed E-state index contributed by atoms with van der Waals surface area (Å²) in [5, 5.41) is 2.09. The Morgan fingerprint density at radius 2 is 1.83 bits per heavy atom. The van der Waals surface area contributed by atoms with Crippen LogP contribution < -0.4 is 5.32 Å². The lowest BCUT2D eigenvalue weighted by Crippen LogP contribution is -2.65. The molecule has 0 unspecified atom stereocenters. The van der Waals surface area contributed by atoms with Crippen LogP contribution in [-0.2, 0) is 16.1 Å². The van der Waals surface area contributed by atoms with Crippen molar-refractivity contribution >= 4 is 23.6 Å². The first-order valence-electron chi connectivity index (χ1n) is 10.2. The smallest absolute Gasteiger partial charge is 0.340 e. The summed E-state index contributed by atoms with van der Waals surface area (Å²) in [7, 11) is 0. The summed E-state index contributed by atoms with van der Waals surface area (Å²) in [6.45, 7) is 2.62. The predicted molar refractivity (Wildman–Crippen MR) is 111 cm³/mol. The molecule has 9 heteroatoms. The van der Waals surface area contributed by atoms with E-state index in [0.29, 0.717) is 38.6 Å². The monoisotopic (exact) mass is 443 g/mol. The van der Waals surface area contributed by atoms with Gasteiger partial charge in [0.1, 0.15) is 5.54 Å². The molecule has 1 atom stereocenters. The molecule has 1 aromatic carbocycles. The minimum absolute atomic E-state index is 0.171. The molecule has 2 aliphatic heterocycles. The number of halogens is 3. The number of likely N-dealkylation sites (tertiary alicyclic amines) is 2. The Morgan fingerprint density at radius 1 is 1.17 bits per heavy atom. The third-order valence-corrected chi connectivity index (χ3v) is 6.76. The number of alkyl halides is 3. The lowest BCUT2D eigenvalue weighted by atomic mass is 9.85. The number of nitrogens with one attached hydrogen (secondary N) is 1. The van der Waals surface area contributed by atoms with Crippen molar-refractivity contribution in [2.75, 3.05) is 38.2 Å². The fourth-order valence-electron chi connectivity index (χ4n) is 4.31. The first-order valence-corrected chi connectivity index (χ1v) is 11.6. The number of nitrogens with zero attached hydrogens (tertiary/aromatic N) is 2. The minimum atomic E-state index is -5.01. The molecule has 2 aliphatic rings. The first kappa shape index (κ1) is 22.9. The van der Waals surface area contributed by atoms with E-state index in [2.05, 4.69) is 10.2 Å². The van der Waals surface area contributed by atoms with Gasteiger partial charge in [-0.05, 0) is 42.8 Å². The molecule has 1 N–H and O–H groups in total. The van der Waals surface area contributed by atoms with Gasteiger partial charge in [0.15, 0.2) is 0 Å². The fourth-order valence-corrected chi connectivity index (χ4v) is 5.05. The number of rotatable bonds is 6. The summed E-state index contributed by atoms with van der Waals surface area (Å²) in [5.41, 5.74) is -0.385. The van der Waals surface area contributed by atoms with E-state index in [9.17, 15) is 22.8 Å². The molecule has 2 fully saturated rings. The maximum absolute atomic E-state index is 13.3. The van der Waals surface area contributed by atoms with Gasteiger partial charge in [0.2, 0.25) is 5.91 Å². The van der Waals surface area contributed by atoms with E-state index >= 15 is 0 Å². The van der Waals surface area contributed by atoms with E-state index in [4.69, 9.17) is 0 Å². The molecule has 166 valence electrons. The van der Waals surface area contributed by atoms with E-state index in [0.717, 1.165) is 17.7 Å². The highest BCUT2D eigenvalue weighted by molar-refractivity contribution is 7.98. The summed E-state index contributed by atoms with van der Waals surface area (Å²) in [6, 6.07) is 9.80. The number of hydrogen-bond acceptors (Lipinski definition) is 4. The number of carbonyl (C=O) groups is 2. The van der Waals surface area contributed by atoms with E-state index < -0.39 is 17.6 Å². The van der Waals surface area contributed by atoms with Gasteiger partial charge in [-0.2, -0.15) is 24.9 Å². The predicted octanol–water partition coefficient (Wildman–Crippen LogP) is 2.91. The Balaban J connectivity index is 1.71. The van der Waals surface area contributed by atoms with Crippen LogP contribution in [0.2, 0.25) is 0 Å². The van der Waals surface area contributed by atoms with Gasteiger partial charge >= 0.3 is 12.1 Å². The Kier molecular flexibility index (Phi) is 7.34. The summed E-state index contributed by atoms with van der Waals surface area (Å²) in [5.74, 6) is -1.15. The molecule has 0 aliphatic carbocycles. The van der Waals surface area contributed by atoms with Gasteiger partial charge in [-0.3, -0.25) is 14.5 Å². The molecule has 0 bridgehead atoms. The molecule has 0 saturated carbocycles. The highest BCUT2D eigenvalue weighted by Gasteiger charge is 2.50. The van der Waals surface area contributed by atoms with Crippen LogP contribution >= 0.6 is 11.8 Å². The first-order chi connectivity index (χ1) is 14.2. The zero-order valence-electron chi connectivity index (χ0n) is 17.1. The quantitative estimate of drug-likeness (QED) is 0.735. The van der Waals surface area contributed by atoms with E-state index in [1.807, 2.05) is 36.6 Å². The SMILES string of the molecule is CSC[C@H]1CCN(C(=O)C2(NC(=O)C(F)(F)F)CCN(Cc3ccccc3)CC2)C1. The average molecular weight is 444 g/mol. The number of thioether (sulfide) groups is 1. The number of carbonyl (C=O) groups excluding carboxylic acids is 2. The molecule has 0 spiro atoms. The van der Waals surface area contributed by atoms with Crippen LogP contribution in [0, 0.1) is 5.92 Å². The molecule has 2 amide bonds. The largest absolute Gasteiger partial charge is 0.471 e. The number of benzene rings is 1. The molecule has 2 saturated heterocycles. The molecule has 2 heterocycles. The standard InChI is InChI=1S/C21H28F3N3O2S/c1-30-15-17-7-10-27(14-17)19(29)20(25-18(28)21(22,23)24)8-11-26(12-9-20)13-16-5-3-2-4-6-16/h2-6,17H,7-15H2,1H3,(H,25,28)/t17-/m0/s1. The Labute approximate surface area is 179 Å². The average Bonchev–Trinajstić information content (AvgIpc) is 3.18. The van der Waals surface area contributed by atoms with Gasteiger partial charge in [-0.25, -0.2) is 0 Å². The summed E-state index contributed by atoms with van der Waals surface area (Å²) in [4.78, 5) is 28.8. The van der Waals surface area contributed by atoms with Gasteiger partial charge in [0, 0.05) is 32.7 Å². The summed E-state index contributed by atoms with van der Waals surface area (Å²) in [6.07, 6.45) is -1.83. The Hall–Kier alpha value is -1.74. The fraction of sp³-hybridized carbons (Fsp3) is 0.619. The van der Waals surface area contributed by atoms with Crippen molar-refractivity contribution in [1.29, 1.82) is 0 Å². The maximum Gasteiger partial charge on any atom is 0.471 e. The third-order valence-electron chi connectivity index (χ3n) is 5.95. The number of piperidine rings is 1. The van der Waals surface area contributed by atoms with Crippen molar-refractivity contribution in [3.8, 4) is 0 Å². The Bertz CT molecular complexity index is 737. The minimum Gasteiger partial charge on any atom is -0.340 e. The van der Waals surface area contributed by atoms with Crippen LogP contribution in [0.5, 0.6) is 0 Å². The van der Waals surface area contributed by atoms with Gasteiger partial charge in [-0.15, -0.1) is 0 Å². The summed E-state index contributed by atoms with van der Waals surface area (Å²) >= 11 is 1.70. The molecule has 0 radical (unpaired) electrons. The molecule has 5 nitrogen and oxygen atoms in total. The Morgan fingerprint density at radius 3 is 2.43 bits per heavy atom. The molecule has 1 aromatic rings. The second kappa shape index (κ2) is 9.60. The second-order valence-corrected chi connectivity index (χ2v) is 9.07. The van der Waals surface area contributed by atoms with Crippen LogP contribution in [0.15, 0.2) is 30.3 Å². The van der Waals surface area contributed by atoms with Crippen LogP contribution in [0.25, 0.3) is 0 Å². The van der Waals surface area contributed by atoms with Crippen LogP contribution in [0.4, 0.5) is 13.2 Å². The highest BCUT2D eigenvalue weighted by Crippen LogP contribution is 2.30. The highest BCUT2D eigenvalue weighted by atomic mass is 32.2. The van der Waals surface area contributed by atoms with E-state index in [-0.39, 0.29) is 18.7 Å². The van der Waals surface area contributed by atoms with Crippen LogP contribution in [0.1, 0.15) is 24.8 Å². The zero-order valence-corrected chi connectivity index (χ0v) is 17.9. The molecular formula is C21H28F3N3O2S. The third kappa shape index (κ3) is 5.49. The normalized spacial score (nSPS) is 22.1. The number of hydrogen-bond donors (Lipinski definition) is 1. The molecule has 0 aromatic heterocycles. The van der Waals surface area contributed by atoms with Gasteiger partial charge in [0.05, 0.1) is 0 Å². The van der Waals surface area contributed by atoms with Crippen molar-refractivity contribution in [3.05, 3.63) is 35.9 Å². The van der Waals surface area contributed by atoms with Crippen molar-refractivity contribution in [3.63, 3.8) is 0 Å². The zero-order chi connectivity index (χ0) is 21.8. The van der Waals surface area contributed by atoms with E-state index in [1.165, 1.54) is 0 Å². The summed E-state index contributed by atoms with van der Waals surface area (Å²) < 4.78 is 39.0. The van der Waals surface area contributed by atoms with Crippen molar-refractivity contribution in [2.45, 2.75) is 37.5 Å². The lowest BCUT2D eigenvalue weighted by Gasteiger charge is -2.43. The van der Waals surface area contributed by atoms with E-state index in [1.54, 1.807) is 16.7 Å². The lowest BCUT2D eigenvalue weighted by molar-refractivity contribution is -0.178. The van der Waals surface area contributed by atoms with Crippen LogP contribution in [0.3, 0.4) is 0 Å². The maximum atomic E-state index is 13.3. The second-order valence-electron chi connectivity index (χ2n) is 8.16.